The van der Waals surface area contributed by atoms with E-state index >= 15 is 0 Å². The highest BCUT2D eigenvalue weighted by atomic mass is 16.7. The Morgan fingerprint density at radius 3 is 2.56 bits per heavy atom. The summed E-state index contributed by atoms with van der Waals surface area (Å²) in [5.74, 6) is 0.115. The van der Waals surface area contributed by atoms with Gasteiger partial charge in [0.15, 0.2) is 23.0 Å². The van der Waals surface area contributed by atoms with Crippen LogP contribution in [0.5, 0.6) is 23.0 Å². The molecule has 2 unspecified atom stereocenters. The van der Waals surface area contributed by atoms with Gasteiger partial charge in [-0.1, -0.05) is 13.0 Å². The van der Waals surface area contributed by atoms with Crippen LogP contribution in [0.2, 0.25) is 0 Å². The van der Waals surface area contributed by atoms with E-state index in [1.807, 2.05) is 18.2 Å². The minimum atomic E-state index is -0.501. The van der Waals surface area contributed by atoms with E-state index in [-0.39, 0.29) is 48.9 Å². The molecule has 4 atom stereocenters. The highest BCUT2D eigenvalue weighted by molar-refractivity contribution is 5.80. The van der Waals surface area contributed by atoms with Crippen LogP contribution in [0.15, 0.2) is 24.3 Å². The Morgan fingerprint density at radius 2 is 1.88 bits per heavy atom. The number of fused-ring (bicyclic) bond motifs is 3. The topological polar surface area (TPSA) is 103 Å². The molecule has 1 amide bonds. The number of phenols is 1. The fourth-order valence-corrected chi connectivity index (χ4v) is 5.13. The average Bonchev–Trinajstić information content (AvgIpc) is 3.40. The molecule has 2 aliphatic heterocycles. The predicted molar refractivity (Wildman–Crippen MR) is 113 cm³/mol. The normalized spacial score (nSPS) is 25.0. The molecule has 1 saturated heterocycles. The highest BCUT2D eigenvalue weighted by Gasteiger charge is 2.52. The fraction of sp³-hybridized carbons (Fsp3) is 0.417. The molecule has 0 radical (unpaired) electrons. The van der Waals surface area contributed by atoms with Crippen molar-refractivity contribution in [1.82, 2.24) is 5.32 Å². The number of hydrogen-bond acceptors (Lipinski definition) is 7. The lowest BCUT2D eigenvalue weighted by Crippen LogP contribution is -2.42. The van der Waals surface area contributed by atoms with Crippen LogP contribution in [0.3, 0.4) is 0 Å². The number of aryl methyl sites for hydroxylation is 1. The number of hydrogen-bond donors (Lipinski definition) is 2. The molecule has 8 nitrogen and oxygen atoms in total. The second kappa shape index (κ2) is 7.62. The van der Waals surface area contributed by atoms with Crippen molar-refractivity contribution in [2.24, 2.45) is 11.8 Å². The number of aromatic hydroxyl groups is 1. The summed E-state index contributed by atoms with van der Waals surface area (Å²) in [6.07, 6.45) is 0.334. The number of nitrogens with one attached hydrogen (secondary N) is 1. The number of carbonyl (C=O) groups is 2. The van der Waals surface area contributed by atoms with Crippen LogP contribution in [0.4, 0.5) is 0 Å². The molecule has 2 heterocycles. The maximum Gasteiger partial charge on any atom is 0.310 e. The number of esters is 1. The second-order valence-electron chi connectivity index (χ2n) is 8.42. The molecule has 3 aliphatic rings. The third-order valence-corrected chi connectivity index (χ3v) is 6.69. The SMILES string of the molecule is CCC(=O)N[C@@H]1c2cc3c(cc2C(c2cc(C)c(O)c(OC)c2)C2C(=O)OC[C@@H]21)OCO3. The maximum atomic E-state index is 13.0. The number of amides is 1. The van der Waals surface area contributed by atoms with Gasteiger partial charge >= 0.3 is 5.97 Å². The van der Waals surface area contributed by atoms with E-state index in [0.717, 1.165) is 16.7 Å². The quantitative estimate of drug-likeness (QED) is 0.706. The Morgan fingerprint density at radius 1 is 1.16 bits per heavy atom. The van der Waals surface area contributed by atoms with Crippen molar-refractivity contribution in [3.05, 3.63) is 46.5 Å². The molecule has 8 heteroatoms. The molecule has 1 fully saturated rings. The van der Waals surface area contributed by atoms with Crippen LogP contribution < -0.4 is 19.5 Å². The molecular weight excluding hydrogens is 414 g/mol. The van der Waals surface area contributed by atoms with Crippen molar-refractivity contribution >= 4 is 11.9 Å². The lowest BCUT2D eigenvalue weighted by molar-refractivity contribution is -0.141. The van der Waals surface area contributed by atoms with Gasteiger partial charge in [-0.25, -0.2) is 0 Å². The Bertz CT molecular complexity index is 1110. The van der Waals surface area contributed by atoms with Crippen LogP contribution in [-0.2, 0) is 14.3 Å². The number of carbonyl (C=O) groups excluding carboxylic acids is 2. The van der Waals surface area contributed by atoms with E-state index in [0.29, 0.717) is 29.2 Å². The first kappa shape index (κ1) is 20.5. The maximum absolute atomic E-state index is 13.0. The van der Waals surface area contributed by atoms with Gasteiger partial charge in [0, 0.05) is 18.3 Å². The number of methoxy groups -OCH3 is 1. The van der Waals surface area contributed by atoms with Crippen molar-refractivity contribution in [3.8, 4) is 23.0 Å². The molecule has 0 bridgehead atoms. The van der Waals surface area contributed by atoms with Crippen LogP contribution in [0.25, 0.3) is 0 Å². The first-order valence-corrected chi connectivity index (χ1v) is 10.7. The molecule has 2 aromatic rings. The Kier molecular flexibility index (Phi) is 4.87. The van der Waals surface area contributed by atoms with Gasteiger partial charge in [-0.05, 0) is 47.4 Å². The van der Waals surface area contributed by atoms with E-state index in [1.165, 1.54) is 7.11 Å². The van der Waals surface area contributed by atoms with Crippen molar-refractivity contribution in [2.45, 2.75) is 32.2 Å². The van der Waals surface area contributed by atoms with E-state index in [1.54, 1.807) is 19.9 Å². The minimum absolute atomic E-state index is 0.0663. The van der Waals surface area contributed by atoms with Gasteiger partial charge in [-0.15, -0.1) is 0 Å². The largest absolute Gasteiger partial charge is 0.504 e. The zero-order valence-corrected chi connectivity index (χ0v) is 18.1. The van der Waals surface area contributed by atoms with Gasteiger partial charge in [0.05, 0.1) is 25.7 Å². The molecule has 2 N–H and O–H groups in total. The van der Waals surface area contributed by atoms with Crippen LogP contribution in [-0.4, -0.2) is 37.5 Å². The molecule has 5 rings (SSSR count). The summed E-state index contributed by atoms with van der Waals surface area (Å²) < 4.78 is 22.1. The average molecular weight is 439 g/mol. The van der Waals surface area contributed by atoms with Crippen molar-refractivity contribution in [3.63, 3.8) is 0 Å². The van der Waals surface area contributed by atoms with E-state index in [2.05, 4.69) is 5.32 Å². The summed E-state index contributed by atoms with van der Waals surface area (Å²) in [7, 11) is 1.49. The van der Waals surface area contributed by atoms with Gasteiger partial charge in [0.1, 0.15) is 0 Å². The van der Waals surface area contributed by atoms with E-state index in [4.69, 9.17) is 18.9 Å². The van der Waals surface area contributed by atoms with Gasteiger partial charge < -0.3 is 29.4 Å². The van der Waals surface area contributed by atoms with Gasteiger partial charge in [0.2, 0.25) is 12.7 Å². The molecular formula is C24H25NO7. The van der Waals surface area contributed by atoms with Gasteiger partial charge in [0.25, 0.3) is 0 Å². The standard InChI is InChI=1S/C24H25NO7/c1-4-19(26)25-22-14-8-17-16(31-10-32-17)7-13(14)20(21-15(22)9-30-24(21)28)12-5-11(2)23(27)18(6-12)29-3/h5-8,15,20-22,27H,4,9-10H2,1-3H3,(H,25,26)/t15-,20?,21?,22+/m0/s1. The fourth-order valence-electron chi connectivity index (χ4n) is 5.13. The third kappa shape index (κ3) is 3.04. The minimum Gasteiger partial charge on any atom is -0.504 e. The molecule has 2 aromatic carbocycles. The number of rotatable bonds is 4. The molecule has 1 aliphatic carbocycles. The molecule has 0 spiro atoms. The molecule has 168 valence electrons. The summed E-state index contributed by atoms with van der Waals surface area (Å²) in [5.41, 5.74) is 3.21. The smallest absolute Gasteiger partial charge is 0.310 e. The van der Waals surface area contributed by atoms with Crippen molar-refractivity contribution in [2.75, 3.05) is 20.5 Å². The number of ether oxygens (including phenoxy) is 4. The lowest BCUT2D eigenvalue weighted by Gasteiger charge is -2.39. The van der Waals surface area contributed by atoms with Gasteiger partial charge in [-0.2, -0.15) is 0 Å². The Labute approximate surface area is 185 Å². The summed E-state index contributed by atoms with van der Waals surface area (Å²) in [6, 6.07) is 7.03. The summed E-state index contributed by atoms with van der Waals surface area (Å²) in [6.45, 7) is 3.92. The summed E-state index contributed by atoms with van der Waals surface area (Å²) in [4.78, 5) is 25.3. The van der Waals surface area contributed by atoms with Crippen LogP contribution in [0, 0.1) is 18.8 Å². The zero-order valence-electron chi connectivity index (χ0n) is 18.1. The van der Waals surface area contributed by atoms with Crippen LogP contribution in [0.1, 0.15) is 47.6 Å². The lowest BCUT2D eigenvalue weighted by atomic mass is 9.65. The van der Waals surface area contributed by atoms with Crippen molar-refractivity contribution in [1.29, 1.82) is 0 Å². The first-order chi connectivity index (χ1) is 15.4. The number of phenolic OH excluding ortho intramolecular Hbond substituents is 1. The monoisotopic (exact) mass is 439 g/mol. The third-order valence-electron chi connectivity index (χ3n) is 6.69. The Hall–Kier alpha value is -3.42. The highest BCUT2D eigenvalue weighted by Crippen LogP contribution is 2.54. The zero-order chi connectivity index (χ0) is 22.6. The van der Waals surface area contributed by atoms with E-state index in [9.17, 15) is 14.7 Å². The molecule has 0 aromatic heterocycles. The molecule has 0 saturated carbocycles. The molecule has 32 heavy (non-hydrogen) atoms. The van der Waals surface area contributed by atoms with E-state index < -0.39 is 5.92 Å². The second-order valence-corrected chi connectivity index (χ2v) is 8.42. The summed E-state index contributed by atoms with van der Waals surface area (Å²) >= 11 is 0. The predicted octanol–water partition coefficient (Wildman–Crippen LogP) is 2.94. The Balaban J connectivity index is 1.73. The first-order valence-electron chi connectivity index (χ1n) is 10.7. The van der Waals surface area contributed by atoms with Crippen molar-refractivity contribution < 1.29 is 33.6 Å². The van der Waals surface area contributed by atoms with Crippen LogP contribution >= 0.6 is 0 Å². The number of cyclic esters (lactones) is 1. The van der Waals surface area contributed by atoms with Gasteiger partial charge in [-0.3, -0.25) is 9.59 Å². The summed E-state index contributed by atoms with van der Waals surface area (Å²) in [5, 5.41) is 13.4. The number of benzene rings is 2.